The highest BCUT2D eigenvalue weighted by Crippen LogP contribution is 2.32. The van der Waals surface area contributed by atoms with Crippen LogP contribution in [-0.2, 0) is 10.0 Å². The predicted molar refractivity (Wildman–Crippen MR) is 74.3 cm³/mol. The number of nitrogens with two attached hydrogens (primary N) is 1. The Bertz CT molecular complexity index is 670. The highest BCUT2D eigenvalue weighted by Gasteiger charge is 2.22. The molecule has 9 heteroatoms. The topological polar surface area (TPSA) is 113 Å². The molecule has 0 atom stereocenters. The highest BCUT2D eigenvalue weighted by atomic mass is 35.5. The van der Waals surface area contributed by atoms with E-state index in [0.29, 0.717) is 5.57 Å². The summed E-state index contributed by atoms with van der Waals surface area (Å²) in [5.74, 6) is -0.0437. The van der Waals surface area contributed by atoms with Gasteiger partial charge >= 0.3 is 5.69 Å². The Kier molecular flexibility index (Phi) is 5.09. The molecule has 0 radical (unpaired) electrons. The molecular formula is C11H13ClN2O5S. The molecule has 0 bridgehead atoms. The summed E-state index contributed by atoms with van der Waals surface area (Å²) in [6, 6.07) is 2.15. The van der Waals surface area contributed by atoms with Gasteiger partial charge in [-0.3, -0.25) is 10.1 Å². The number of rotatable bonds is 5. The molecule has 0 unspecified atom stereocenters. The number of ether oxygens (including phenoxy) is 1. The fourth-order valence-electron chi connectivity index (χ4n) is 1.44. The van der Waals surface area contributed by atoms with Gasteiger partial charge in [0.1, 0.15) is 6.61 Å². The normalized spacial score (nSPS) is 12.3. The quantitative estimate of drug-likeness (QED) is 0.659. The molecule has 1 aromatic rings. The van der Waals surface area contributed by atoms with Crippen molar-refractivity contribution in [1.82, 2.24) is 0 Å². The second kappa shape index (κ2) is 6.21. The minimum Gasteiger partial charge on any atom is -0.482 e. The molecule has 0 aliphatic rings. The Labute approximate surface area is 121 Å². The van der Waals surface area contributed by atoms with Crippen molar-refractivity contribution in [3.8, 4) is 5.75 Å². The maximum absolute atomic E-state index is 11.3. The van der Waals surface area contributed by atoms with Gasteiger partial charge in [-0.05, 0) is 31.1 Å². The van der Waals surface area contributed by atoms with Crippen LogP contribution >= 0.6 is 11.6 Å². The van der Waals surface area contributed by atoms with Crippen LogP contribution in [0, 0.1) is 17.0 Å². The molecule has 0 aromatic heterocycles. The molecule has 20 heavy (non-hydrogen) atoms. The maximum Gasteiger partial charge on any atom is 0.312 e. The fraction of sp³-hybridized carbons (Fsp3) is 0.273. The SMILES string of the molecule is C/C(=C/Cl)COc1cc(C)c(S(N)(=O)=O)cc1[N+](=O)[O-]. The van der Waals surface area contributed by atoms with Crippen LogP contribution in [0.4, 0.5) is 5.69 Å². The molecule has 0 spiro atoms. The van der Waals surface area contributed by atoms with E-state index in [4.69, 9.17) is 21.5 Å². The highest BCUT2D eigenvalue weighted by molar-refractivity contribution is 7.89. The minimum atomic E-state index is -4.03. The molecule has 0 fully saturated rings. The summed E-state index contributed by atoms with van der Waals surface area (Å²) in [5.41, 5.74) is 1.74. The largest absolute Gasteiger partial charge is 0.482 e. The van der Waals surface area contributed by atoms with E-state index in [2.05, 4.69) is 0 Å². The van der Waals surface area contributed by atoms with Crippen LogP contribution in [0.3, 0.4) is 0 Å². The smallest absolute Gasteiger partial charge is 0.312 e. The van der Waals surface area contributed by atoms with Gasteiger partial charge in [0.05, 0.1) is 9.82 Å². The predicted octanol–water partition coefficient (Wildman–Crippen LogP) is 2.07. The van der Waals surface area contributed by atoms with E-state index in [1.54, 1.807) is 6.92 Å². The maximum atomic E-state index is 11.3. The zero-order valence-corrected chi connectivity index (χ0v) is 12.4. The van der Waals surface area contributed by atoms with Crippen molar-refractivity contribution in [3.63, 3.8) is 0 Å². The summed E-state index contributed by atoms with van der Waals surface area (Å²) >= 11 is 5.47. The van der Waals surface area contributed by atoms with E-state index >= 15 is 0 Å². The van der Waals surface area contributed by atoms with Gasteiger partial charge in [-0.15, -0.1) is 0 Å². The van der Waals surface area contributed by atoms with Gasteiger partial charge in [-0.1, -0.05) is 11.6 Å². The number of aryl methyl sites for hydroxylation is 1. The third kappa shape index (κ3) is 3.92. The third-order valence-corrected chi connectivity index (χ3v) is 3.83. The van der Waals surface area contributed by atoms with Crippen molar-refractivity contribution in [1.29, 1.82) is 0 Å². The van der Waals surface area contributed by atoms with Crippen LogP contribution in [0.2, 0.25) is 0 Å². The molecule has 0 aliphatic carbocycles. The molecular weight excluding hydrogens is 308 g/mol. The molecule has 0 heterocycles. The van der Waals surface area contributed by atoms with E-state index < -0.39 is 20.6 Å². The number of halogens is 1. The summed E-state index contributed by atoms with van der Waals surface area (Å²) in [4.78, 5) is 9.94. The second-order valence-electron chi connectivity index (χ2n) is 4.13. The molecule has 0 saturated heterocycles. The number of nitrogens with zero attached hydrogens (tertiary/aromatic N) is 1. The van der Waals surface area contributed by atoms with Crippen LogP contribution in [0.5, 0.6) is 5.75 Å². The Morgan fingerprint density at radius 2 is 2.15 bits per heavy atom. The second-order valence-corrected chi connectivity index (χ2v) is 5.88. The first-order valence-electron chi connectivity index (χ1n) is 5.37. The third-order valence-electron chi connectivity index (χ3n) is 2.40. The number of hydrogen-bond donors (Lipinski definition) is 1. The summed E-state index contributed by atoms with van der Waals surface area (Å²) in [7, 11) is -4.03. The summed E-state index contributed by atoms with van der Waals surface area (Å²) in [6.45, 7) is 3.21. The molecule has 2 N–H and O–H groups in total. The van der Waals surface area contributed by atoms with Crippen LogP contribution in [0.25, 0.3) is 0 Å². The lowest BCUT2D eigenvalue weighted by Gasteiger charge is -2.10. The lowest BCUT2D eigenvalue weighted by atomic mass is 10.2. The molecule has 0 aliphatic heterocycles. The van der Waals surface area contributed by atoms with Crippen molar-refractivity contribution >= 4 is 27.3 Å². The molecule has 0 saturated carbocycles. The van der Waals surface area contributed by atoms with E-state index in [1.807, 2.05) is 0 Å². The van der Waals surface area contributed by atoms with Crippen molar-refractivity contribution in [3.05, 3.63) is 38.9 Å². The molecule has 110 valence electrons. The first-order chi connectivity index (χ1) is 9.16. The van der Waals surface area contributed by atoms with Gasteiger partial charge in [0, 0.05) is 11.6 Å². The first-order valence-corrected chi connectivity index (χ1v) is 7.35. The van der Waals surface area contributed by atoms with Gasteiger partial charge in [-0.25, -0.2) is 13.6 Å². The van der Waals surface area contributed by atoms with Gasteiger partial charge in [-0.2, -0.15) is 0 Å². The number of primary sulfonamides is 1. The number of hydrogen-bond acceptors (Lipinski definition) is 5. The number of nitro groups is 1. The zero-order valence-electron chi connectivity index (χ0n) is 10.8. The Hall–Kier alpha value is -1.64. The van der Waals surface area contributed by atoms with E-state index in [9.17, 15) is 18.5 Å². The van der Waals surface area contributed by atoms with Gasteiger partial charge < -0.3 is 4.74 Å². The summed E-state index contributed by atoms with van der Waals surface area (Å²) in [6.07, 6.45) is 0. The average molecular weight is 321 g/mol. The van der Waals surface area contributed by atoms with Crippen LogP contribution < -0.4 is 9.88 Å². The molecule has 7 nitrogen and oxygen atoms in total. The molecule has 0 amide bonds. The van der Waals surface area contributed by atoms with Gasteiger partial charge in [0.25, 0.3) is 0 Å². The number of nitro benzene ring substituents is 1. The van der Waals surface area contributed by atoms with Crippen LogP contribution in [0.15, 0.2) is 28.1 Å². The lowest BCUT2D eigenvalue weighted by Crippen LogP contribution is -2.14. The van der Waals surface area contributed by atoms with Gasteiger partial charge in [0.2, 0.25) is 10.0 Å². The van der Waals surface area contributed by atoms with Gasteiger partial charge in [0.15, 0.2) is 5.75 Å². The Morgan fingerprint density at radius 3 is 2.60 bits per heavy atom. The van der Waals surface area contributed by atoms with Crippen molar-refractivity contribution in [2.45, 2.75) is 18.7 Å². The van der Waals surface area contributed by atoms with Crippen molar-refractivity contribution in [2.75, 3.05) is 6.61 Å². The Balaban J connectivity index is 3.32. The van der Waals surface area contributed by atoms with E-state index in [1.165, 1.54) is 18.5 Å². The minimum absolute atomic E-state index is 0.0437. The zero-order chi connectivity index (χ0) is 15.5. The van der Waals surface area contributed by atoms with Crippen LogP contribution in [-0.4, -0.2) is 19.9 Å². The fourth-order valence-corrected chi connectivity index (χ4v) is 2.29. The molecule has 1 aromatic carbocycles. The average Bonchev–Trinajstić information content (AvgIpc) is 2.33. The summed E-state index contributed by atoms with van der Waals surface area (Å²) < 4.78 is 27.9. The number of benzene rings is 1. The standard InChI is InChI=1S/C11H13ClN2O5S/c1-7(5-12)6-19-10-3-8(2)11(20(13,17)18)4-9(10)14(15)16/h3-5H,6H2,1-2H3,(H2,13,17,18)/b7-5-. The monoisotopic (exact) mass is 320 g/mol. The Morgan fingerprint density at radius 1 is 1.55 bits per heavy atom. The summed E-state index contributed by atoms with van der Waals surface area (Å²) in [5, 5.41) is 16.0. The van der Waals surface area contributed by atoms with E-state index in [0.717, 1.165) is 6.07 Å². The van der Waals surface area contributed by atoms with Crippen LogP contribution in [0.1, 0.15) is 12.5 Å². The molecule has 1 rings (SSSR count). The lowest BCUT2D eigenvalue weighted by molar-refractivity contribution is -0.386. The van der Waals surface area contributed by atoms with Crippen molar-refractivity contribution < 1.29 is 18.1 Å². The van der Waals surface area contributed by atoms with Crippen molar-refractivity contribution in [2.24, 2.45) is 5.14 Å². The number of sulfonamides is 1. The van der Waals surface area contributed by atoms with E-state index in [-0.39, 0.29) is 22.8 Å². The first kappa shape index (κ1) is 16.4.